The minimum absolute atomic E-state index is 0.107. The summed E-state index contributed by atoms with van der Waals surface area (Å²) in [6, 6.07) is 0. The molecule has 3 atom stereocenters. The van der Waals surface area contributed by atoms with E-state index >= 15 is 0 Å². The van der Waals surface area contributed by atoms with Gasteiger partial charge in [-0.15, -0.1) is 0 Å². The van der Waals surface area contributed by atoms with Crippen LogP contribution in [0.3, 0.4) is 0 Å². The maximum Gasteiger partial charge on any atom is 0.234 e. The van der Waals surface area contributed by atoms with Crippen LogP contribution in [0.5, 0.6) is 0 Å². The number of hydrogen-bond acceptors (Lipinski definition) is 5. The molecule has 1 saturated carbocycles. The fourth-order valence-corrected chi connectivity index (χ4v) is 3.21. The number of thiol groups is 1. The van der Waals surface area contributed by atoms with Gasteiger partial charge in [-0.1, -0.05) is 11.7 Å². The number of rotatable bonds is 4. The summed E-state index contributed by atoms with van der Waals surface area (Å²) < 4.78 is 2.51. The van der Waals surface area contributed by atoms with Gasteiger partial charge in [0.25, 0.3) is 0 Å². The van der Waals surface area contributed by atoms with Crippen molar-refractivity contribution >= 4 is 52.2 Å². The Hall–Kier alpha value is 0.0400. The summed E-state index contributed by atoms with van der Waals surface area (Å²) in [6.45, 7) is 1.79. The van der Waals surface area contributed by atoms with E-state index in [9.17, 15) is 14.7 Å². The molecular weight excluding hydrogens is 312 g/mol. The van der Waals surface area contributed by atoms with Crippen LogP contribution in [-0.2, 0) is 38.3 Å². The zero-order chi connectivity index (χ0) is 13.9. The Bertz CT molecular complexity index is 437. The first-order valence-electron chi connectivity index (χ1n) is 5.40. The average molecular weight is 329 g/mol. The number of amides is 2. The summed E-state index contributed by atoms with van der Waals surface area (Å²) in [5, 5.41) is 12.5. The summed E-state index contributed by atoms with van der Waals surface area (Å²) in [5.41, 5.74) is 0. The van der Waals surface area contributed by atoms with E-state index in [0.717, 1.165) is 0 Å². The summed E-state index contributed by atoms with van der Waals surface area (Å²) in [4.78, 5) is 22.6. The minimum atomic E-state index is -2.21. The van der Waals surface area contributed by atoms with Crippen LogP contribution < -0.4 is 10.0 Å². The van der Waals surface area contributed by atoms with Gasteiger partial charge in [-0.05, 0) is 35.2 Å². The van der Waals surface area contributed by atoms with Gasteiger partial charge < -0.3 is 10.4 Å². The number of aliphatic hydroxyl groups excluding tert-OH is 1. The van der Waals surface area contributed by atoms with Crippen molar-refractivity contribution in [1.29, 1.82) is 0 Å². The quantitative estimate of drug-likeness (QED) is 0.412. The van der Waals surface area contributed by atoms with Gasteiger partial charge >= 0.3 is 0 Å². The normalized spacial score (nSPS) is 27.8. The Labute approximate surface area is 121 Å². The number of aliphatic hydroxyl groups is 1. The molecule has 5 nitrogen and oxygen atoms in total. The molecule has 0 spiro atoms. The van der Waals surface area contributed by atoms with Crippen LogP contribution in [0.2, 0.25) is 0 Å². The lowest BCUT2D eigenvalue weighted by Gasteiger charge is -2.14. The molecule has 104 valence electrons. The van der Waals surface area contributed by atoms with Crippen molar-refractivity contribution in [3.05, 3.63) is 0 Å². The van der Waals surface area contributed by atoms with E-state index in [0.29, 0.717) is 19.4 Å². The summed E-state index contributed by atoms with van der Waals surface area (Å²) in [5.74, 6) is -0.827. The average Bonchev–Trinajstić information content (AvgIpc) is 2.54. The standard InChI is InChI=1S/C9H16N2O3S4/c1-5(12)10-4-7-2-6(3-8(7)13)9(14)11-18(15,16)17/h6-8,13H,2-4H2,1H3,(H,10,12)(H,11,14)(H,15,16,17)/t6?,7-,8+/m1/s1. The molecule has 2 amide bonds. The van der Waals surface area contributed by atoms with E-state index < -0.39 is 12.5 Å². The van der Waals surface area contributed by atoms with Gasteiger partial charge in [-0.2, -0.15) is 0 Å². The zero-order valence-corrected chi connectivity index (χ0v) is 13.1. The molecule has 18 heavy (non-hydrogen) atoms. The maximum atomic E-state index is 11.8. The van der Waals surface area contributed by atoms with E-state index in [2.05, 4.69) is 21.7 Å². The molecule has 0 bridgehead atoms. The van der Waals surface area contributed by atoms with E-state index in [4.69, 9.17) is 22.4 Å². The van der Waals surface area contributed by atoms with E-state index in [1.54, 1.807) is 0 Å². The van der Waals surface area contributed by atoms with Crippen LogP contribution in [0.4, 0.5) is 0 Å². The van der Waals surface area contributed by atoms with Crippen LogP contribution >= 0.6 is 11.7 Å². The van der Waals surface area contributed by atoms with Crippen LogP contribution in [0, 0.1) is 11.8 Å². The predicted octanol–water partition coefficient (Wildman–Crippen LogP) is -0.537. The zero-order valence-electron chi connectivity index (χ0n) is 9.79. The van der Waals surface area contributed by atoms with Crippen molar-refractivity contribution in [1.82, 2.24) is 10.0 Å². The third kappa shape index (κ3) is 5.35. The molecule has 9 heteroatoms. The molecule has 0 aromatic rings. The van der Waals surface area contributed by atoms with Crippen LogP contribution in [0.1, 0.15) is 19.8 Å². The molecule has 0 aliphatic heterocycles. The predicted molar refractivity (Wildman–Crippen MR) is 80.1 cm³/mol. The molecule has 1 aliphatic carbocycles. The van der Waals surface area contributed by atoms with E-state index in [-0.39, 0.29) is 23.7 Å². The molecular formula is C9H16N2O3S4. The van der Waals surface area contributed by atoms with E-state index in [1.165, 1.54) is 6.92 Å². The highest BCUT2D eigenvalue weighted by Crippen LogP contribution is 2.31. The SMILES string of the molecule is CC(=O)NC[C@H]1CC(C(=O)NS(=S)(=S)S)C[C@@H]1O. The lowest BCUT2D eigenvalue weighted by atomic mass is 10.0. The van der Waals surface area contributed by atoms with E-state index in [1.807, 2.05) is 0 Å². The first-order valence-corrected chi connectivity index (χ1v) is 9.94. The highest BCUT2D eigenvalue weighted by molar-refractivity contribution is 8.92. The number of carbonyl (C=O) groups is 2. The van der Waals surface area contributed by atoms with Gasteiger partial charge in [0.2, 0.25) is 11.8 Å². The first kappa shape index (κ1) is 16.1. The second-order valence-corrected chi connectivity index (χ2v) is 12.3. The van der Waals surface area contributed by atoms with Gasteiger partial charge in [0.1, 0.15) is 0 Å². The Kier molecular flexibility index (Phi) is 5.78. The Morgan fingerprint density at radius 2 is 2.06 bits per heavy atom. The summed E-state index contributed by atoms with van der Waals surface area (Å²) >= 11 is 13.7. The Morgan fingerprint density at radius 3 is 2.56 bits per heavy atom. The van der Waals surface area contributed by atoms with Crippen molar-refractivity contribution in [2.75, 3.05) is 6.54 Å². The fourth-order valence-electron chi connectivity index (χ4n) is 2.02. The smallest absolute Gasteiger partial charge is 0.234 e. The van der Waals surface area contributed by atoms with Crippen LogP contribution in [0.15, 0.2) is 0 Å². The second kappa shape index (κ2) is 6.47. The number of hydrogen-bond donors (Lipinski definition) is 4. The Balaban J connectivity index is 2.52. The lowest BCUT2D eigenvalue weighted by Crippen LogP contribution is -2.32. The summed E-state index contributed by atoms with van der Waals surface area (Å²) in [7, 11) is 0. The largest absolute Gasteiger partial charge is 0.393 e. The van der Waals surface area contributed by atoms with Gasteiger partial charge in [0.05, 0.1) is 6.10 Å². The molecule has 1 rings (SSSR count). The van der Waals surface area contributed by atoms with Crippen molar-refractivity contribution in [2.24, 2.45) is 11.8 Å². The molecule has 1 unspecified atom stereocenters. The topological polar surface area (TPSA) is 78.4 Å². The molecule has 0 saturated heterocycles. The number of nitrogens with one attached hydrogen (secondary N) is 2. The summed E-state index contributed by atoms with van der Waals surface area (Å²) in [6.07, 6.45) is -1.92. The molecule has 0 heterocycles. The fraction of sp³-hybridized carbons (Fsp3) is 0.778. The first-order chi connectivity index (χ1) is 8.19. The molecule has 0 radical (unpaired) electrons. The van der Waals surface area contributed by atoms with Gasteiger partial charge in [-0.3, -0.25) is 14.3 Å². The lowest BCUT2D eigenvalue weighted by molar-refractivity contribution is -0.123. The molecule has 0 aromatic heterocycles. The Morgan fingerprint density at radius 1 is 1.44 bits per heavy atom. The molecule has 1 fully saturated rings. The third-order valence-corrected chi connectivity index (χ3v) is 4.10. The van der Waals surface area contributed by atoms with Crippen LogP contribution in [-0.4, -0.2) is 29.6 Å². The van der Waals surface area contributed by atoms with Crippen molar-refractivity contribution < 1.29 is 14.7 Å². The third-order valence-electron chi connectivity index (χ3n) is 2.87. The monoisotopic (exact) mass is 328 g/mol. The van der Waals surface area contributed by atoms with Crippen LogP contribution in [0.25, 0.3) is 0 Å². The minimum Gasteiger partial charge on any atom is -0.393 e. The number of carbonyl (C=O) groups excluding carboxylic acids is 2. The molecule has 0 aromatic carbocycles. The van der Waals surface area contributed by atoms with Crippen molar-refractivity contribution in [2.45, 2.75) is 25.9 Å². The maximum absolute atomic E-state index is 11.8. The van der Waals surface area contributed by atoms with Gasteiger partial charge in [0, 0.05) is 31.7 Å². The second-order valence-electron chi connectivity index (χ2n) is 4.37. The highest BCUT2D eigenvalue weighted by atomic mass is 33.5. The van der Waals surface area contributed by atoms with Crippen molar-refractivity contribution in [3.8, 4) is 0 Å². The van der Waals surface area contributed by atoms with Gasteiger partial charge in [0.15, 0.2) is 0 Å². The molecule has 3 N–H and O–H groups in total. The molecule has 1 aliphatic rings. The highest BCUT2D eigenvalue weighted by Gasteiger charge is 2.37. The van der Waals surface area contributed by atoms with Crippen molar-refractivity contribution in [3.63, 3.8) is 0 Å². The van der Waals surface area contributed by atoms with Gasteiger partial charge in [-0.25, -0.2) is 0 Å².